The van der Waals surface area contributed by atoms with E-state index in [0.29, 0.717) is 29.1 Å². The Morgan fingerprint density at radius 3 is 3.00 bits per heavy atom. The minimum absolute atomic E-state index is 0.0515. The molecule has 28 heavy (non-hydrogen) atoms. The van der Waals surface area contributed by atoms with Gasteiger partial charge in [0, 0.05) is 18.7 Å². The molecule has 3 aromatic rings. The normalized spacial score (nSPS) is 16.8. The molecular weight excluding hydrogens is 376 g/mol. The van der Waals surface area contributed by atoms with Gasteiger partial charge in [0.15, 0.2) is 0 Å². The maximum Gasteiger partial charge on any atom is 0.247 e. The number of amides is 1. The summed E-state index contributed by atoms with van der Waals surface area (Å²) in [6.07, 6.45) is 6.63. The molecule has 1 aliphatic heterocycles. The molecule has 0 aliphatic carbocycles. The number of aromatic nitrogens is 4. The van der Waals surface area contributed by atoms with Crippen LogP contribution in [0.15, 0.2) is 35.0 Å². The summed E-state index contributed by atoms with van der Waals surface area (Å²) in [5.74, 6) is 1.90. The second-order valence-electron chi connectivity index (χ2n) is 6.51. The van der Waals surface area contributed by atoms with Gasteiger partial charge in [0.2, 0.25) is 11.0 Å². The molecule has 1 aliphatic rings. The summed E-state index contributed by atoms with van der Waals surface area (Å²) in [5, 5.41) is 12.8. The average Bonchev–Trinajstić information content (AvgIpc) is 3.41. The fourth-order valence-electron chi connectivity index (χ4n) is 3.26. The molecule has 0 unspecified atom stereocenters. The minimum Gasteiger partial charge on any atom is -0.465 e. The molecule has 1 amide bonds. The van der Waals surface area contributed by atoms with Gasteiger partial charge in [-0.05, 0) is 44.9 Å². The number of aryl methyl sites for hydroxylation is 2. The molecule has 0 bridgehead atoms. The zero-order valence-corrected chi connectivity index (χ0v) is 16.4. The van der Waals surface area contributed by atoms with Gasteiger partial charge >= 0.3 is 0 Å². The lowest BCUT2D eigenvalue weighted by Gasteiger charge is -2.23. The van der Waals surface area contributed by atoms with Crippen LogP contribution in [-0.2, 0) is 4.79 Å². The van der Waals surface area contributed by atoms with Crippen molar-refractivity contribution in [2.75, 3.05) is 11.9 Å². The first-order chi connectivity index (χ1) is 13.6. The van der Waals surface area contributed by atoms with Crippen molar-refractivity contribution in [1.29, 1.82) is 0 Å². The average molecular weight is 396 g/mol. The van der Waals surface area contributed by atoms with Gasteiger partial charge in [0.1, 0.15) is 22.4 Å². The molecule has 0 saturated carbocycles. The largest absolute Gasteiger partial charge is 0.465 e. The fraction of sp³-hybridized carbons (Fsp3) is 0.316. The van der Waals surface area contributed by atoms with E-state index in [4.69, 9.17) is 4.42 Å². The van der Waals surface area contributed by atoms with Crippen molar-refractivity contribution in [2.45, 2.75) is 32.7 Å². The molecule has 9 heteroatoms. The van der Waals surface area contributed by atoms with E-state index in [1.165, 1.54) is 11.3 Å². The molecule has 1 N–H and O–H groups in total. The summed E-state index contributed by atoms with van der Waals surface area (Å²) in [6.45, 7) is 4.45. The zero-order chi connectivity index (χ0) is 19.5. The quantitative estimate of drug-likeness (QED) is 0.657. The van der Waals surface area contributed by atoms with E-state index in [-0.39, 0.29) is 11.9 Å². The molecule has 0 spiro atoms. The van der Waals surface area contributed by atoms with E-state index < -0.39 is 0 Å². The van der Waals surface area contributed by atoms with Crippen molar-refractivity contribution in [1.82, 2.24) is 25.1 Å². The van der Waals surface area contributed by atoms with Gasteiger partial charge in [-0.25, -0.2) is 9.97 Å². The lowest BCUT2D eigenvalue weighted by molar-refractivity contribution is -0.126. The second-order valence-corrected chi connectivity index (χ2v) is 7.70. The summed E-state index contributed by atoms with van der Waals surface area (Å²) in [5.41, 5.74) is 0.827. The van der Waals surface area contributed by atoms with Crippen LogP contribution in [0.25, 0.3) is 6.08 Å². The van der Waals surface area contributed by atoms with Crippen LogP contribution in [0.2, 0.25) is 0 Å². The van der Waals surface area contributed by atoms with Gasteiger partial charge in [0.05, 0.1) is 18.0 Å². The van der Waals surface area contributed by atoms with Gasteiger partial charge in [0.25, 0.3) is 0 Å². The first-order valence-electron chi connectivity index (χ1n) is 9.03. The Bertz CT molecular complexity index is 998. The van der Waals surface area contributed by atoms with Gasteiger partial charge in [-0.1, -0.05) is 11.3 Å². The van der Waals surface area contributed by atoms with E-state index in [9.17, 15) is 4.79 Å². The predicted molar refractivity (Wildman–Crippen MR) is 106 cm³/mol. The van der Waals surface area contributed by atoms with E-state index in [1.807, 2.05) is 30.9 Å². The molecule has 0 radical (unpaired) electrons. The van der Waals surface area contributed by atoms with Crippen molar-refractivity contribution < 1.29 is 9.21 Å². The van der Waals surface area contributed by atoms with Crippen LogP contribution in [0.5, 0.6) is 0 Å². The molecular formula is C19H20N6O2S. The summed E-state index contributed by atoms with van der Waals surface area (Å²) < 4.78 is 5.25. The lowest BCUT2D eigenvalue weighted by atomic mass is 10.1. The Morgan fingerprint density at radius 2 is 2.25 bits per heavy atom. The number of rotatable bonds is 5. The van der Waals surface area contributed by atoms with Crippen LogP contribution in [0.4, 0.5) is 10.9 Å². The Hall–Kier alpha value is -3.07. The molecule has 8 nitrogen and oxygen atoms in total. The van der Waals surface area contributed by atoms with E-state index in [1.54, 1.807) is 24.5 Å². The molecule has 1 fully saturated rings. The second kappa shape index (κ2) is 7.89. The van der Waals surface area contributed by atoms with Crippen LogP contribution in [0.3, 0.4) is 0 Å². The van der Waals surface area contributed by atoms with Crippen LogP contribution in [-0.4, -0.2) is 37.5 Å². The first-order valence-corrected chi connectivity index (χ1v) is 9.85. The molecule has 1 atom stereocenters. The molecule has 4 rings (SSSR count). The number of likely N-dealkylation sites (tertiary alicyclic amines) is 1. The SMILES string of the molecule is Cc1nc(Nc2nnc(C)s2)cc([C@@H]2CCCN2C(=O)/C=C/c2ccco2)n1. The Labute approximate surface area is 166 Å². The Balaban J connectivity index is 1.54. The van der Waals surface area contributed by atoms with Crippen LogP contribution in [0, 0.1) is 13.8 Å². The van der Waals surface area contributed by atoms with Crippen molar-refractivity contribution >= 4 is 34.3 Å². The van der Waals surface area contributed by atoms with E-state index in [0.717, 1.165) is 23.5 Å². The first kappa shape index (κ1) is 18.3. The summed E-state index contributed by atoms with van der Waals surface area (Å²) in [6, 6.07) is 5.41. The van der Waals surface area contributed by atoms with E-state index >= 15 is 0 Å². The third-order valence-corrected chi connectivity index (χ3v) is 5.18. The van der Waals surface area contributed by atoms with Crippen LogP contribution < -0.4 is 5.32 Å². The highest BCUT2D eigenvalue weighted by Gasteiger charge is 2.30. The van der Waals surface area contributed by atoms with Crippen LogP contribution in [0.1, 0.15) is 41.2 Å². The number of anilines is 2. The van der Waals surface area contributed by atoms with Gasteiger partial charge < -0.3 is 14.6 Å². The third-order valence-electron chi connectivity index (χ3n) is 4.43. The third kappa shape index (κ3) is 4.09. The predicted octanol–water partition coefficient (Wildman–Crippen LogP) is 3.66. The Kier molecular flexibility index (Phi) is 5.16. The van der Waals surface area contributed by atoms with Crippen molar-refractivity contribution in [3.05, 3.63) is 52.8 Å². The topological polar surface area (TPSA) is 97.0 Å². The number of nitrogens with one attached hydrogen (secondary N) is 1. The number of hydrogen-bond acceptors (Lipinski definition) is 8. The standard InChI is InChI=1S/C19H20N6O2S/c1-12-20-15(11-17(21-12)22-19-24-23-13(2)28-19)16-6-3-9-25(16)18(26)8-7-14-5-4-10-27-14/h4-5,7-8,10-11,16H,3,6,9H2,1-2H3,(H,20,21,22,24)/b8-7+/t16-/m0/s1. The smallest absolute Gasteiger partial charge is 0.247 e. The monoisotopic (exact) mass is 396 g/mol. The molecule has 1 saturated heterocycles. The number of nitrogens with zero attached hydrogens (tertiary/aromatic N) is 5. The number of hydrogen-bond donors (Lipinski definition) is 1. The highest BCUT2D eigenvalue weighted by atomic mass is 32.1. The highest BCUT2D eigenvalue weighted by molar-refractivity contribution is 7.15. The van der Waals surface area contributed by atoms with Gasteiger partial charge in [-0.15, -0.1) is 10.2 Å². The van der Waals surface area contributed by atoms with Crippen LogP contribution >= 0.6 is 11.3 Å². The van der Waals surface area contributed by atoms with Crippen molar-refractivity contribution in [3.8, 4) is 0 Å². The minimum atomic E-state index is -0.0767. The number of furan rings is 1. The molecule has 4 heterocycles. The number of carbonyl (C=O) groups is 1. The highest BCUT2D eigenvalue weighted by Crippen LogP contribution is 2.32. The van der Waals surface area contributed by atoms with E-state index in [2.05, 4.69) is 25.5 Å². The maximum absolute atomic E-state index is 12.7. The van der Waals surface area contributed by atoms with Gasteiger partial charge in [-0.3, -0.25) is 4.79 Å². The van der Waals surface area contributed by atoms with Gasteiger partial charge in [-0.2, -0.15) is 0 Å². The summed E-state index contributed by atoms with van der Waals surface area (Å²) in [4.78, 5) is 23.6. The zero-order valence-electron chi connectivity index (χ0n) is 15.6. The lowest BCUT2D eigenvalue weighted by Crippen LogP contribution is -2.29. The van der Waals surface area contributed by atoms with Crippen molar-refractivity contribution in [2.24, 2.45) is 0 Å². The van der Waals surface area contributed by atoms with Crippen molar-refractivity contribution in [3.63, 3.8) is 0 Å². The fourth-order valence-corrected chi connectivity index (χ4v) is 3.85. The summed E-state index contributed by atoms with van der Waals surface area (Å²) in [7, 11) is 0. The maximum atomic E-state index is 12.7. The summed E-state index contributed by atoms with van der Waals surface area (Å²) >= 11 is 1.46. The molecule has 3 aromatic heterocycles. The molecule has 0 aromatic carbocycles. The Morgan fingerprint density at radius 1 is 1.36 bits per heavy atom. The number of carbonyl (C=O) groups excluding carboxylic acids is 1. The molecule has 144 valence electrons.